The molecular formula is C49H67N7O16S2. The van der Waals surface area contributed by atoms with E-state index in [1.165, 1.54) is 0 Å². The van der Waals surface area contributed by atoms with Crippen LogP contribution in [0.3, 0.4) is 0 Å². The molecular weight excluding hydrogens is 1010 g/mol. The molecule has 7 aliphatic rings. The minimum atomic E-state index is -1.71. The highest BCUT2D eigenvalue weighted by Gasteiger charge is 2.52. The van der Waals surface area contributed by atoms with Crippen LogP contribution < -0.4 is 20.9 Å². The summed E-state index contributed by atoms with van der Waals surface area (Å²) < 4.78 is 50.6. The van der Waals surface area contributed by atoms with Gasteiger partial charge < -0.3 is 74.8 Å². The summed E-state index contributed by atoms with van der Waals surface area (Å²) in [6.07, 6.45) is -13.0. The van der Waals surface area contributed by atoms with Gasteiger partial charge in [0.25, 0.3) is 1.43 Å². The van der Waals surface area contributed by atoms with Crippen molar-refractivity contribution in [2.75, 3.05) is 56.7 Å². The summed E-state index contributed by atoms with van der Waals surface area (Å²) in [5.41, 5.74) is 3.73. The van der Waals surface area contributed by atoms with Gasteiger partial charge in [0.1, 0.15) is 54.5 Å². The second kappa shape index (κ2) is 27.8. The molecule has 2 aromatic carbocycles. The lowest BCUT2D eigenvalue weighted by molar-refractivity contribution is -0.359. The number of nitrogens with one attached hydrogen (secondary N) is 4. The van der Waals surface area contributed by atoms with Gasteiger partial charge in [0, 0.05) is 74.1 Å². The number of aliphatic hydroxyl groups is 4. The number of carboxylic acids is 1. The molecule has 12 atom stereocenters. The first-order valence-corrected chi connectivity index (χ1v) is 27.2. The standard InChI is InChI=1S/C49H67N7O16S2/c1-27(47(65)66)17-23-73-74-28(2)12-13-36(58)51-25-34-46-42(62)43(63)48(70-34)69-20-7-19-68-45-33(71-49(72-46)44(64)41(45)61)24-52-37(59)16-21-67-22-18-50-35(57)14-15-38(60)56-26-29-8-3-4-9-30(29)39-40(54-55-53-39)31-10-5-6-11-32(31)56/h3-6,8-11,27-28,33-34,41-46,48-49,61-64H,7,12-26H2,1-2H3,(H,50,57)(H,51,58)(H,52,59)(H,65,66)(H,53,54,55)/t27?,28?,33-,34-,41-,42-,43-,44-,45-,46-,48+,49-/m1/s1/i/hTD. The Hall–Kier alpha value is -4.77. The second-order valence-electron chi connectivity index (χ2n) is 18.4. The molecule has 0 radical (unpaired) electrons. The number of carbonyl (C=O) groups excluding carboxylic acids is 4. The zero-order chi connectivity index (χ0) is 54.3. The summed E-state index contributed by atoms with van der Waals surface area (Å²) in [7, 11) is 3.12. The van der Waals surface area contributed by atoms with E-state index in [0.29, 0.717) is 41.2 Å². The fraction of sp³-hybridized carbons (Fsp3) is 0.612. The Balaban J connectivity index is 0.841. The number of para-hydroxylation sites is 1. The Morgan fingerprint density at radius 2 is 1.49 bits per heavy atom. The number of fused-ring (bicyclic) bond motifs is 5. The SMILES string of the molecule is [2H]OC(=O)C(C)CCSSC(C)CCC(=O)NC[C@H]1O[C@@H]2OCCCO[C@H]3[C@H](O)[C@@H](O)[C@@H](O[C@H]1[C@H](O)[C@H]2O)O[C@@H]3CNC(=O)CCOCCNC(=O)CCC(=O)N1Cc2ccccc2-c2c(nnn2[3H])-c2ccccc21. The number of aliphatic hydroxyl groups excluding tert-OH is 4. The fourth-order valence-electron chi connectivity index (χ4n) is 8.71. The number of hydrogen-bond donors (Lipinski definition) is 9. The van der Waals surface area contributed by atoms with Gasteiger partial charge in [0.2, 0.25) is 23.6 Å². The molecule has 6 fully saturated rings. The molecule has 10 rings (SSSR count). The van der Waals surface area contributed by atoms with Gasteiger partial charge in [-0.25, -0.2) is 0 Å². The van der Waals surface area contributed by atoms with Crippen LogP contribution in [0.1, 0.15) is 64.4 Å². The van der Waals surface area contributed by atoms with E-state index in [9.17, 15) is 44.4 Å². The molecule has 9 N–H and O–H groups in total. The van der Waals surface area contributed by atoms with Crippen LogP contribution in [0.15, 0.2) is 48.5 Å². The number of rotatable bonds is 22. The first-order chi connectivity index (χ1) is 36.6. The summed E-state index contributed by atoms with van der Waals surface area (Å²) in [4.78, 5) is 65.7. The quantitative estimate of drug-likeness (QED) is 0.0505. The van der Waals surface area contributed by atoms with E-state index in [-0.39, 0.29) is 108 Å². The number of benzene rings is 2. The van der Waals surface area contributed by atoms with E-state index < -0.39 is 79.2 Å². The molecule has 74 heavy (non-hydrogen) atoms. The van der Waals surface area contributed by atoms with Crippen molar-refractivity contribution in [1.29, 1.82) is 1.43 Å². The van der Waals surface area contributed by atoms with Crippen LogP contribution >= 0.6 is 21.6 Å². The van der Waals surface area contributed by atoms with Gasteiger partial charge in [-0.15, -0.1) is 5.10 Å². The van der Waals surface area contributed by atoms with Gasteiger partial charge in [-0.1, -0.05) is 83.1 Å². The molecule has 23 nitrogen and oxygen atoms in total. The van der Waals surface area contributed by atoms with Crippen molar-refractivity contribution in [3.8, 4) is 22.5 Å². The third-order valence-corrected chi connectivity index (χ3v) is 16.0. The number of H-pyrrole nitrogens is 1. The number of hydrogen-bond acceptors (Lipinski definition) is 20. The highest BCUT2D eigenvalue weighted by Crippen LogP contribution is 2.40. The Kier molecular flexibility index (Phi) is 20.3. The zero-order valence-electron chi connectivity index (χ0n) is 43.2. The summed E-state index contributed by atoms with van der Waals surface area (Å²) >= 11 is 0. The Morgan fingerprint density at radius 3 is 2.28 bits per heavy atom. The van der Waals surface area contributed by atoms with Gasteiger partial charge in [-0.2, -0.15) is 0 Å². The number of amides is 4. The van der Waals surface area contributed by atoms with E-state index in [0.717, 1.165) is 16.2 Å². The number of aromatic nitrogens is 3. The minimum Gasteiger partial charge on any atom is -0.481 e. The first-order valence-electron chi connectivity index (χ1n) is 25.7. The third-order valence-electron chi connectivity index (χ3n) is 13.0. The Bertz CT molecular complexity index is 2430. The molecule has 7 aliphatic heterocycles. The van der Waals surface area contributed by atoms with E-state index in [1.54, 1.807) is 45.5 Å². The molecule has 3 aromatic rings. The molecule has 4 amide bonds. The van der Waals surface area contributed by atoms with Gasteiger partial charge >= 0.3 is 5.97 Å². The highest BCUT2D eigenvalue weighted by molar-refractivity contribution is 8.76. The number of ether oxygens (including phenoxy) is 6. The van der Waals surface area contributed by atoms with Crippen LogP contribution in [-0.4, -0.2) is 189 Å². The maximum atomic E-state index is 13.8. The molecule has 8 heterocycles. The maximum absolute atomic E-state index is 13.8. The second-order valence-corrected chi connectivity index (χ2v) is 21.4. The van der Waals surface area contributed by atoms with Crippen molar-refractivity contribution in [3.63, 3.8) is 0 Å². The van der Waals surface area contributed by atoms with E-state index in [4.69, 9.17) is 31.3 Å². The molecule has 6 saturated heterocycles. The molecule has 0 spiro atoms. The van der Waals surface area contributed by atoms with E-state index in [2.05, 4.69) is 31.4 Å². The lowest BCUT2D eigenvalue weighted by Crippen LogP contribution is -2.66. The fourth-order valence-corrected chi connectivity index (χ4v) is 11.3. The van der Waals surface area contributed by atoms with Gasteiger partial charge in [-0.05, 0) is 30.9 Å². The Labute approximate surface area is 438 Å². The van der Waals surface area contributed by atoms with Crippen molar-refractivity contribution >= 4 is 56.9 Å². The molecule has 25 heteroatoms. The molecule has 406 valence electrons. The number of carbonyl (C=O) groups is 5. The first kappa shape index (κ1) is 54.0. The summed E-state index contributed by atoms with van der Waals surface area (Å²) in [6.45, 7) is 3.63. The van der Waals surface area contributed by atoms with Crippen molar-refractivity contribution in [2.24, 2.45) is 5.92 Å². The van der Waals surface area contributed by atoms with Crippen LogP contribution in [0.2, 0.25) is 1.41 Å². The zero-order valence-corrected chi connectivity index (χ0v) is 42.8. The van der Waals surface area contributed by atoms with Crippen LogP contribution in [0, 0.1) is 5.92 Å². The highest BCUT2D eigenvalue weighted by atomic mass is 33.1. The molecule has 0 aliphatic carbocycles. The summed E-state index contributed by atoms with van der Waals surface area (Å²) in [5.74, 6) is -1.75. The average Bonchev–Trinajstić information content (AvgIpc) is 3.81. The molecule has 0 saturated carbocycles. The van der Waals surface area contributed by atoms with Crippen LogP contribution in [0.4, 0.5) is 5.69 Å². The minimum absolute atomic E-state index is 0.000874. The van der Waals surface area contributed by atoms with Crippen LogP contribution in [0.25, 0.3) is 23.9 Å². The smallest absolute Gasteiger partial charge is 0.306 e. The topological polar surface area (TPSA) is 323 Å². The van der Waals surface area contributed by atoms with Crippen LogP contribution in [0.5, 0.6) is 0 Å². The summed E-state index contributed by atoms with van der Waals surface area (Å²) in [5, 5.41) is 66.3. The Morgan fingerprint density at radius 1 is 0.811 bits per heavy atom. The van der Waals surface area contributed by atoms with Crippen molar-refractivity contribution < 1.29 is 79.3 Å². The molecule has 4 bridgehead atoms. The van der Waals surface area contributed by atoms with Crippen molar-refractivity contribution in [1.82, 2.24) is 31.4 Å². The number of anilines is 1. The molecule has 1 aromatic heterocycles. The predicted molar refractivity (Wildman–Crippen MR) is 269 cm³/mol. The van der Waals surface area contributed by atoms with Gasteiger partial charge in [0.05, 0.1) is 43.7 Å². The third kappa shape index (κ3) is 15.2. The van der Waals surface area contributed by atoms with E-state index in [1.807, 2.05) is 43.3 Å². The number of nitrogens with zero attached hydrogens (tertiary/aromatic N) is 3. The maximum Gasteiger partial charge on any atom is 0.306 e. The van der Waals surface area contributed by atoms with Gasteiger partial charge in [-0.3, -0.25) is 29.1 Å². The molecule has 2 unspecified atom stereocenters. The predicted octanol–water partition coefficient (Wildman–Crippen LogP) is 1.27. The van der Waals surface area contributed by atoms with E-state index >= 15 is 0 Å². The van der Waals surface area contributed by atoms with Crippen molar-refractivity contribution in [3.05, 3.63) is 54.1 Å². The number of carboxylic acid groups (broad SMARTS) is 1. The number of aromatic amines is 1. The van der Waals surface area contributed by atoms with Crippen LogP contribution in [-0.2, 0) is 58.9 Å². The lowest BCUT2D eigenvalue weighted by atomic mass is 9.95. The summed E-state index contributed by atoms with van der Waals surface area (Å²) in [6, 6.07) is 14.7. The average molecular weight is 1080 g/mol. The monoisotopic (exact) mass is 1080 g/mol. The van der Waals surface area contributed by atoms with Gasteiger partial charge in [0.15, 0.2) is 14.0 Å². The lowest BCUT2D eigenvalue weighted by Gasteiger charge is -2.47. The normalized spacial score (nSPS) is 26.8. The number of aliphatic carboxylic acids is 1. The largest absolute Gasteiger partial charge is 0.481 e. The van der Waals surface area contributed by atoms with Crippen molar-refractivity contribution in [2.45, 2.75) is 132 Å².